The maximum absolute atomic E-state index is 12.1. The van der Waals surface area contributed by atoms with Crippen molar-refractivity contribution in [2.45, 2.75) is 19.4 Å². The van der Waals surface area contributed by atoms with Crippen molar-refractivity contribution in [3.8, 4) is 0 Å². The number of nitrogens with one attached hydrogen (secondary N) is 1. The molecule has 2 aromatic heterocycles. The van der Waals surface area contributed by atoms with Crippen molar-refractivity contribution in [1.29, 1.82) is 0 Å². The number of hydrogen-bond donors (Lipinski definition) is 1. The standard InChI is InChI=1S/C19H23N5O3/c1-22-13-15(18(26)23(2)19(22)27)5-6-17(25)21-12-14-7-8-20-16(11-14)24-9-3-4-10-24/h5-8,11,13H,3-4,9-10,12H2,1-2H3,(H,21,25)/b6-5+. The molecule has 27 heavy (non-hydrogen) atoms. The molecule has 1 N–H and O–H groups in total. The molecular formula is C19H23N5O3. The van der Waals surface area contributed by atoms with Gasteiger partial charge < -0.3 is 14.8 Å². The lowest BCUT2D eigenvalue weighted by molar-refractivity contribution is -0.116. The topological polar surface area (TPSA) is 89.2 Å². The second-order valence-corrected chi connectivity index (χ2v) is 6.61. The highest BCUT2D eigenvalue weighted by Gasteiger charge is 2.13. The Hall–Kier alpha value is -3.16. The van der Waals surface area contributed by atoms with Crippen molar-refractivity contribution < 1.29 is 4.79 Å². The van der Waals surface area contributed by atoms with E-state index < -0.39 is 11.2 Å². The number of carbonyl (C=O) groups excluding carboxylic acids is 1. The highest BCUT2D eigenvalue weighted by molar-refractivity contribution is 5.91. The number of aryl methyl sites for hydroxylation is 1. The van der Waals surface area contributed by atoms with Crippen LogP contribution in [0.15, 0.2) is 40.2 Å². The summed E-state index contributed by atoms with van der Waals surface area (Å²) in [6, 6.07) is 3.85. The molecule has 2 aromatic rings. The molecule has 1 fully saturated rings. The van der Waals surface area contributed by atoms with Crippen LogP contribution < -0.4 is 21.5 Å². The van der Waals surface area contributed by atoms with Crippen LogP contribution in [0.2, 0.25) is 0 Å². The molecule has 0 aliphatic carbocycles. The van der Waals surface area contributed by atoms with Gasteiger partial charge in [-0.15, -0.1) is 0 Å². The number of pyridine rings is 1. The van der Waals surface area contributed by atoms with Gasteiger partial charge in [0.15, 0.2) is 0 Å². The van der Waals surface area contributed by atoms with E-state index in [4.69, 9.17) is 0 Å². The first-order valence-electron chi connectivity index (χ1n) is 8.88. The number of anilines is 1. The number of carbonyl (C=O) groups is 1. The lowest BCUT2D eigenvalue weighted by Crippen LogP contribution is -2.37. The molecule has 1 aliphatic heterocycles. The van der Waals surface area contributed by atoms with Crippen LogP contribution in [-0.2, 0) is 25.4 Å². The highest BCUT2D eigenvalue weighted by atomic mass is 16.2. The van der Waals surface area contributed by atoms with E-state index in [2.05, 4.69) is 15.2 Å². The van der Waals surface area contributed by atoms with E-state index in [1.165, 1.54) is 42.8 Å². The summed E-state index contributed by atoms with van der Waals surface area (Å²) < 4.78 is 2.31. The molecule has 0 unspecified atom stereocenters. The van der Waals surface area contributed by atoms with Gasteiger partial charge in [-0.1, -0.05) is 0 Å². The Kier molecular flexibility index (Phi) is 5.54. The molecule has 0 bridgehead atoms. The van der Waals surface area contributed by atoms with Gasteiger partial charge in [0.25, 0.3) is 5.56 Å². The van der Waals surface area contributed by atoms with Gasteiger partial charge in [0.1, 0.15) is 5.82 Å². The molecule has 0 radical (unpaired) electrons. The monoisotopic (exact) mass is 369 g/mol. The third-order valence-electron chi connectivity index (χ3n) is 4.59. The lowest BCUT2D eigenvalue weighted by Gasteiger charge is -2.16. The normalized spacial score (nSPS) is 14.1. The molecule has 1 saturated heterocycles. The Labute approximate surface area is 156 Å². The Balaban J connectivity index is 1.63. The molecule has 3 heterocycles. The average Bonchev–Trinajstić information content (AvgIpc) is 3.21. The van der Waals surface area contributed by atoms with Gasteiger partial charge in [-0.25, -0.2) is 9.78 Å². The zero-order valence-corrected chi connectivity index (χ0v) is 15.5. The highest BCUT2D eigenvalue weighted by Crippen LogP contribution is 2.18. The summed E-state index contributed by atoms with van der Waals surface area (Å²) in [6.45, 7) is 2.40. The van der Waals surface area contributed by atoms with E-state index in [0.29, 0.717) is 6.54 Å². The number of rotatable bonds is 5. The molecule has 8 heteroatoms. The molecular weight excluding hydrogens is 346 g/mol. The van der Waals surface area contributed by atoms with Gasteiger partial charge in [0.05, 0.1) is 5.56 Å². The first-order chi connectivity index (χ1) is 13.0. The minimum atomic E-state index is -0.438. The smallest absolute Gasteiger partial charge is 0.330 e. The Morgan fingerprint density at radius 2 is 2.00 bits per heavy atom. The predicted octanol–water partition coefficient (Wildman–Crippen LogP) is 0.409. The van der Waals surface area contributed by atoms with Gasteiger partial charge in [-0.3, -0.25) is 14.2 Å². The van der Waals surface area contributed by atoms with Crippen LogP contribution in [0.25, 0.3) is 6.08 Å². The van der Waals surface area contributed by atoms with E-state index in [0.717, 1.165) is 29.0 Å². The van der Waals surface area contributed by atoms with Crippen molar-refractivity contribution in [3.05, 3.63) is 62.6 Å². The first kappa shape index (κ1) is 18.6. The third-order valence-corrected chi connectivity index (χ3v) is 4.59. The minimum absolute atomic E-state index is 0.273. The SMILES string of the molecule is Cn1cc(/C=C/C(=O)NCc2ccnc(N3CCCC3)c2)c(=O)n(C)c1=O. The lowest BCUT2D eigenvalue weighted by atomic mass is 10.2. The zero-order valence-electron chi connectivity index (χ0n) is 15.5. The van der Waals surface area contributed by atoms with Crippen LogP contribution in [0.1, 0.15) is 24.0 Å². The summed E-state index contributed by atoms with van der Waals surface area (Å²) >= 11 is 0. The Morgan fingerprint density at radius 3 is 2.74 bits per heavy atom. The second-order valence-electron chi connectivity index (χ2n) is 6.61. The summed E-state index contributed by atoms with van der Waals surface area (Å²) in [5, 5.41) is 2.80. The van der Waals surface area contributed by atoms with Gasteiger partial charge in [-0.2, -0.15) is 0 Å². The Bertz CT molecular complexity index is 984. The number of hydrogen-bond acceptors (Lipinski definition) is 5. The maximum atomic E-state index is 12.1. The molecule has 1 amide bonds. The van der Waals surface area contributed by atoms with Gasteiger partial charge >= 0.3 is 5.69 Å². The van der Waals surface area contributed by atoms with Crippen molar-refractivity contribution in [2.24, 2.45) is 14.1 Å². The molecule has 0 atom stereocenters. The van der Waals surface area contributed by atoms with Crippen LogP contribution in [0.4, 0.5) is 5.82 Å². The fraction of sp³-hybridized carbons (Fsp3) is 0.368. The fourth-order valence-corrected chi connectivity index (χ4v) is 3.05. The maximum Gasteiger partial charge on any atom is 0.330 e. The second kappa shape index (κ2) is 8.03. The van der Waals surface area contributed by atoms with Crippen LogP contribution in [-0.4, -0.2) is 33.1 Å². The molecule has 142 valence electrons. The third kappa shape index (κ3) is 4.33. The molecule has 1 aliphatic rings. The van der Waals surface area contributed by atoms with Crippen LogP contribution in [0.3, 0.4) is 0 Å². The van der Waals surface area contributed by atoms with Crippen LogP contribution >= 0.6 is 0 Å². The summed E-state index contributed by atoms with van der Waals surface area (Å²) in [4.78, 5) is 42.4. The van der Waals surface area contributed by atoms with Gasteiger partial charge in [0.2, 0.25) is 5.91 Å². The molecule has 0 saturated carbocycles. The van der Waals surface area contributed by atoms with E-state index in [1.54, 1.807) is 13.2 Å². The largest absolute Gasteiger partial charge is 0.357 e. The summed E-state index contributed by atoms with van der Waals surface area (Å²) in [5.41, 5.74) is 0.390. The number of amides is 1. The average molecular weight is 369 g/mol. The number of aromatic nitrogens is 3. The van der Waals surface area contributed by atoms with Crippen molar-refractivity contribution >= 4 is 17.8 Å². The van der Waals surface area contributed by atoms with Crippen LogP contribution in [0.5, 0.6) is 0 Å². The summed E-state index contributed by atoms with van der Waals surface area (Å²) in [6.07, 6.45) is 8.23. The number of nitrogens with zero attached hydrogens (tertiary/aromatic N) is 4. The molecule has 0 spiro atoms. The predicted molar refractivity (Wildman–Crippen MR) is 103 cm³/mol. The van der Waals surface area contributed by atoms with E-state index >= 15 is 0 Å². The van der Waals surface area contributed by atoms with Gasteiger partial charge in [-0.05, 0) is 36.6 Å². The van der Waals surface area contributed by atoms with E-state index in [9.17, 15) is 14.4 Å². The Morgan fingerprint density at radius 1 is 1.26 bits per heavy atom. The van der Waals surface area contributed by atoms with Crippen molar-refractivity contribution in [2.75, 3.05) is 18.0 Å². The fourth-order valence-electron chi connectivity index (χ4n) is 3.05. The molecule has 3 rings (SSSR count). The quantitative estimate of drug-likeness (QED) is 0.771. The van der Waals surface area contributed by atoms with Crippen molar-refractivity contribution in [1.82, 2.24) is 19.4 Å². The van der Waals surface area contributed by atoms with Gasteiger partial charge in [0, 0.05) is 52.2 Å². The van der Waals surface area contributed by atoms with Crippen LogP contribution in [0, 0.1) is 0 Å². The van der Waals surface area contributed by atoms with E-state index in [1.807, 2.05) is 12.1 Å². The molecule has 8 nitrogen and oxygen atoms in total. The summed E-state index contributed by atoms with van der Waals surface area (Å²) in [7, 11) is 2.96. The van der Waals surface area contributed by atoms with E-state index in [-0.39, 0.29) is 11.5 Å². The van der Waals surface area contributed by atoms with Crippen molar-refractivity contribution in [3.63, 3.8) is 0 Å². The summed E-state index contributed by atoms with van der Waals surface area (Å²) in [5.74, 6) is 0.619. The zero-order chi connectivity index (χ0) is 19.4. The molecule has 0 aromatic carbocycles. The first-order valence-corrected chi connectivity index (χ1v) is 8.88. The minimum Gasteiger partial charge on any atom is -0.357 e.